The molecule has 4 radical (unpaired) electrons. The first kappa shape index (κ1) is 9.87. The molecule has 7 heteroatoms. The maximum Gasteiger partial charge on any atom is 0.304 e. The van der Waals surface area contributed by atoms with Gasteiger partial charge in [0.1, 0.15) is 0 Å². The van der Waals surface area contributed by atoms with Gasteiger partial charge in [0, 0.05) is 0 Å². The summed E-state index contributed by atoms with van der Waals surface area (Å²) in [6, 6.07) is 0. The van der Waals surface area contributed by atoms with E-state index in [2.05, 4.69) is 4.99 Å². The fourth-order valence-electron chi connectivity index (χ4n) is 0.522. The van der Waals surface area contributed by atoms with E-state index in [0.29, 0.717) is 0 Å². The minimum Gasteiger partial charge on any atom is -0.481 e. The Morgan fingerprint density at radius 3 is 2.27 bits per heavy atom. The molecule has 0 atom stereocenters. The van der Waals surface area contributed by atoms with E-state index in [1.165, 1.54) is 0 Å². The zero-order valence-electron chi connectivity index (χ0n) is 5.82. The molecule has 0 aromatic heterocycles. The SMILES string of the molecule is [B]C([B])(CC(=O)O)N=C(N)N. The number of guanidine groups is 1. The molecule has 0 saturated heterocycles. The van der Waals surface area contributed by atoms with Crippen LogP contribution in [-0.4, -0.2) is 38.1 Å². The maximum atomic E-state index is 10.1. The molecule has 0 rings (SSSR count). The highest BCUT2D eigenvalue weighted by atomic mass is 16.4. The predicted molar refractivity (Wildman–Crippen MR) is 42.3 cm³/mol. The second kappa shape index (κ2) is 3.32. The summed E-state index contributed by atoms with van der Waals surface area (Å²) in [6.07, 6.45) is -0.523. The lowest BCUT2D eigenvalue weighted by atomic mass is 9.60. The molecule has 0 saturated carbocycles. The van der Waals surface area contributed by atoms with Crippen molar-refractivity contribution >= 4 is 27.6 Å². The van der Waals surface area contributed by atoms with Gasteiger partial charge in [-0.1, -0.05) is 0 Å². The molecule has 5 nitrogen and oxygen atoms in total. The molecule has 0 unspecified atom stereocenters. The Kier molecular flexibility index (Phi) is 2.98. The molecule has 0 aromatic carbocycles. The van der Waals surface area contributed by atoms with Crippen molar-refractivity contribution in [2.24, 2.45) is 16.5 Å². The van der Waals surface area contributed by atoms with Crippen LogP contribution in [0.1, 0.15) is 6.42 Å². The molecule has 5 N–H and O–H groups in total. The van der Waals surface area contributed by atoms with Crippen LogP contribution in [0.4, 0.5) is 0 Å². The molecule has 11 heavy (non-hydrogen) atoms. The summed E-state index contributed by atoms with van der Waals surface area (Å²) in [5, 5.41) is 6.53. The van der Waals surface area contributed by atoms with Crippen LogP contribution in [0.15, 0.2) is 4.99 Å². The second-order valence-electron chi connectivity index (χ2n) is 2.10. The second-order valence-corrected chi connectivity index (χ2v) is 2.10. The maximum absolute atomic E-state index is 10.1. The Labute approximate surface area is 66.7 Å². The molecule has 0 fully saturated rings. The standard InChI is InChI=1S/C4H7B2N3O2/c5-4(6,1-2(10)11)9-3(7)8/h1H2,(H,10,11)(H4,7,8,9). The molecule has 0 spiro atoms. The van der Waals surface area contributed by atoms with Crippen molar-refractivity contribution in [3.05, 3.63) is 0 Å². The van der Waals surface area contributed by atoms with Gasteiger partial charge >= 0.3 is 5.97 Å². The number of rotatable bonds is 3. The molecule has 0 aliphatic carbocycles. The Hall–Kier alpha value is -1.13. The van der Waals surface area contributed by atoms with Gasteiger partial charge in [-0.25, -0.2) is 0 Å². The van der Waals surface area contributed by atoms with Crippen molar-refractivity contribution < 1.29 is 9.90 Å². The summed E-state index contributed by atoms with van der Waals surface area (Å²) >= 11 is 0. The fourth-order valence-corrected chi connectivity index (χ4v) is 0.522. The number of aliphatic carboxylic acids is 1. The highest BCUT2D eigenvalue weighted by Crippen LogP contribution is 2.04. The van der Waals surface area contributed by atoms with Gasteiger partial charge in [-0.2, -0.15) is 0 Å². The number of nitrogens with zero attached hydrogens (tertiary/aromatic N) is 1. The van der Waals surface area contributed by atoms with E-state index in [9.17, 15) is 4.79 Å². The normalized spacial score (nSPS) is 10.5. The third-order valence-electron chi connectivity index (χ3n) is 0.772. The first-order chi connectivity index (χ1) is 4.83. The number of hydrogen-bond donors (Lipinski definition) is 3. The predicted octanol–water partition coefficient (Wildman–Crippen LogP) is -2.27. The first-order valence-corrected chi connectivity index (χ1v) is 2.74. The highest BCUT2D eigenvalue weighted by molar-refractivity contribution is 6.41. The summed E-state index contributed by atoms with van der Waals surface area (Å²) < 4.78 is 0. The van der Waals surface area contributed by atoms with Crippen molar-refractivity contribution in [3.8, 4) is 0 Å². The smallest absolute Gasteiger partial charge is 0.304 e. The van der Waals surface area contributed by atoms with Gasteiger partial charge in [-0.3, -0.25) is 9.79 Å². The largest absolute Gasteiger partial charge is 0.481 e. The van der Waals surface area contributed by atoms with Crippen LogP contribution in [0.2, 0.25) is 0 Å². The number of aliphatic imine (C=N–C) groups is 1. The molecule has 0 aliphatic rings. The molecule has 0 aromatic rings. The zero-order chi connectivity index (χ0) is 9.07. The number of carbonyl (C=O) groups is 1. The number of carboxylic acids is 1. The quantitative estimate of drug-likeness (QED) is 0.240. The van der Waals surface area contributed by atoms with Crippen molar-refractivity contribution in [3.63, 3.8) is 0 Å². The fraction of sp³-hybridized carbons (Fsp3) is 0.500. The number of nitrogens with two attached hydrogens (primary N) is 2. The summed E-state index contributed by atoms with van der Waals surface area (Å²) in [7, 11) is 10.3. The van der Waals surface area contributed by atoms with Gasteiger partial charge in [0.2, 0.25) is 0 Å². The van der Waals surface area contributed by atoms with Crippen LogP contribution in [0, 0.1) is 0 Å². The van der Waals surface area contributed by atoms with Gasteiger partial charge in [-0.15, -0.1) is 0 Å². The Balaban J connectivity index is 4.22. The van der Waals surface area contributed by atoms with Crippen molar-refractivity contribution in [1.29, 1.82) is 0 Å². The number of hydrogen-bond acceptors (Lipinski definition) is 2. The van der Waals surface area contributed by atoms with Gasteiger partial charge < -0.3 is 16.6 Å². The van der Waals surface area contributed by atoms with E-state index in [-0.39, 0.29) is 5.96 Å². The summed E-state index contributed by atoms with van der Waals surface area (Å²) in [5.74, 6) is -1.50. The average molecular weight is 151 g/mol. The van der Waals surface area contributed by atoms with Crippen LogP contribution in [0.25, 0.3) is 0 Å². The third-order valence-corrected chi connectivity index (χ3v) is 0.772. The summed E-state index contributed by atoms with van der Waals surface area (Å²) in [6.45, 7) is 0. The molecule has 0 amide bonds. The monoisotopic (exact) mass is 151 g/mol. The van der Waals surface area contributed by atoms with Crippen molar-refractivity contribution in [1.82, 2.24) is 0 Å². The van der Waals surface area contributed by atoms with Crippen LogP contribution >= 0.6 is 0 Å². The van der Waals surface area contributed by atoms with E-state index in [0.717, 1.165) is 0 Å². The van der Waals surface area contributed by atoms with E-state index in [1.54, 1.807) is 0 Å². The van der Waals surface area contributed by atoms with E-state index in [1.807, 2.05) is 0 Å². The van der Waals surface area contributed by atoms with E-state index in [4.69, 9.17) is 32.3 Å². The molecular formula is C4H7B2N3O2. The highest BCUT2D eigenvalue weighted by Gasteiger charge is 2.19. The molecule has 0 bridgehead atoms. The lowest BCUT2D eigenvalue weighted by Crippen LogP contribution is -2.36. The van der Waals surface area contributed by atoms with Crippen molar-refractivity contribution in [2.75, 3.05) is 0 Å². The van der Waals surface area contributed by atoms with E-state index < -0.39 is 17.7 Å². The molecule has 56 valence electrons. The topological polar surface area (TPSA) is 102 Å². The van der Waals surface area contributed by atoms with Crippen molar-refractivity contribution in [2.45, 2.75) is 11.8 Å². The van der Waals surface area contributed by atoms with Gasteiger partial charge in [0.15, 0.2) is 5.96 Å². The lowest BCUT2D eigenvalue weighted by molar-refractivity contribution is -0.137. The molecule has 0 heterocycles. The van der Waals surface area contributed by atoms with Gasteiger partial charge in [0.25, 0.3) is 0 Å². The first-order valence-electron chi connectivity index (χ1n) is 2.74. The zero-order valence-corrected chi connectivity index (χ0v) is 5.82. The van der Waals surface area contributed by atoms with Gasteiger partial charge in [0.05, 0.1) is 22.1 Å². The third kappa shape index (κ3) is 5.32. The van der Waals surface area contributed by atoms with E-state index >= 15 is 0 Å². The Morgan fingerprint density at radius 2 is 2.00 bits per heavy atom. The summed E-state index contributed by atoms with van der Waals surface area (Å²) in [4.78, 5) is 13.4. The molecular weight excluding hydrogens is 144 g/mol. The summed E-state index contributed by atoms with van der Waals surface area (Å²) in [5.41, 5.74) is 9.86. The average Bonchev–Trinajstić information content (AvgIpc) is 1.53. The van der Waals surface area contributed by atoms with Gasteiger partial charge in [-0.05, 0) is 5.34 Å². The molecule has 0 aliphatic heterocycles. The Morgan fingerprint density at radius 1 is 1.55 bits per heavy atom. The van der Waals surface area contributed by atoms with Crippen LogP contribution in [0.5, 0.6) is 0 Å². The minimum absolute atomic E-state index is 0.337. The number of carboxylic acid groups (broad SMARTS) is 1. The minimum atomic E-state index is -1.72. The lowest BCUT2D eigenvalue weighted by Gasteiger charge is -2.17. The van der Waals surface area contributed by atoms with Crippen LogP contribution in [0.3, 0.4) is 0 Å². The Bertz CT molecular complexity index is 188. The van der Waals surface area contributed by atoms with Crippen LogP contribution in [-0.2, 0) is 4.79 Å². The van der Waals surface area contributed by atoms with Crippen LogP contribution < -0.4 is 11.5 Å².